The summed E-state index contributed by atoms with van der Waals surface area (Å²) >= 11 is 0. The van der Waals surface area contributed by atoms with E-state index in [-0.39, 0.29) is 18.0 Å². The van der Waals surface area contributed by atoms with Gasteiger partial charge >= 0.3 is 12.0 Å². The molecule has 2 aromatic carbocycles. The number of urea groups is 1. The smallest absolute Gasteiger partial charge is 0.323 e. The molecule has 0 aliphatic carbocycles. The van der Waals surface area contributed by atoms with Gasteiger partial charge in [-0.2, -0.15) is 0 Å². The quantitative estimate of drug-likeness (QED) is 0.239. The van der Waals surface area contributed by atoms with Gasteiger partial charge < -0.3 is 25.8 Å². The number of methoxy groups -OCH3 is 1. The third-order valence-electron chi connectivity index (χ3n) is 5.43. The number of ether oxygens (including phenoxy) is 1. The molecule has 0 saturated heterocycles. The number of aromatic nitrogens is 1. The number of carbonyl (C=O) groups is 3. The summed E-state index contributed by atoms with van der Waals surface area (Å²) < 4.78 is 30.8. The second kappa shape index (κ2) is 12.8. The van der Waals surface area contributed by atoms with Gasteiger partial charge in [0.05, 0.1) is 55.5 Å². The number of para-hydroxylation sites is 1. The molecular formula is C26H29N5O7S. The molecule has 0 radical (unpaired) electrons. The van der Waals surface area contributed by atoms with Gasteiger partial charge in [-0.1, -0.05) is 24.3 Å². The Morgan fingerprint density at radius 1 is 1.00 bits per heavy atom. The fraction of sp³-hybridized carbons (Fsp3) is 0.231. The minimum atomic E-state index is -3.67. The summed E-state index contributed by atoms with van der Waals surface area (Å²) in [5.74, 6) is -1.19. The molecular weight excluding hydrogens is 526 g/mol. The lowest BCUT2D eigenvalue weighted by Crippen LogP contribution is -2.29. The number of hydrogen-bond acceptors (Lipinski definition) is 7. The number of nitrogens with one attached hydrogen (secondary N) is 4. The molecule has 206 valence electrons. The molecule has 1 heterocycles. The summed E-state index contributed by atoms with van der Waals surface area (Å²) in [5.41, 5.74) is 3.17. The van der Waals surface area contributed by atoms with Crippen LogP contribution in [0.2, 0.25) is 0 Å². The molecule has 3 amide bonds. The Hall–Kier alpha value is -4.49. The summed E-state index contributed by atoms with van der Waals surface area (Å²) in [4.78, 5) is 40.3. The Morgan fingerprint density at radius 2 is 1.72 bits per heavy atom. The average Bonchev–Trinajstić information content (AvgIpc) is 2.85. The average molecular weight is 556 g/mol. The van der Waals surface area contributed by atoms with Crippen molar-refractivity contribution in [1.29, 1.82) is 0 Å². The molecule has 0 spiro atoms. The highest BCUT2D eigenvalue weighted by Crippen LogP contribution is 2.26. The number of benzene rings is 2. The number of amides is 3. The monoisotopic (exact) mass is 555 g/mol. The summed E-state index contributed by atoms with van der Waals surface area (Å²) in [6.45, 7) is 1.88. The number of carboxylic acid groups (broad SMARTS) is 1. The Kier molecular flexibility index (Phi) is 9.57. The van der Waals surface area contributed by atoms with Crippen molar-refractivity contribution >= 4 is 45.0 Å². The number of carboxylic acids is 1. The first-order valence-corrected chi connectivity index (χ1v) is 13.6. The molecule has 3 rings (SSSR count). The number of hydrogen-bond donors (Lipinski definition) is 5. The summed E-state index contributed by atoms with van der Waals surface area (Å²) in [6, 6.07) is 13.8. The van der Waals surface area contributed by atoms with Crippen LogP contribution in [0.5, 0.6) is 5.75 Å². The van der Waals surface area contributed by atoms with Crippen molar-refractivity contribution < 1.29 is 32.6 Å². The van der Waals surface area contributed by atoms with E-state index in [1.165, 1.54) is 25.4 Å². The number of nitrogens with zero attached hydrogens (tertiary/aromatic N) is 1. The number of rotatable bonds is 11. The van der Waals surface area contributed by atoms with Crippen LogP contribution in [0.25, 0.3) is 0 Å². The highest BCUT2D eigenvalue weighted by Gasteiger charge is 2.21. The third-order valence-corrected chi connectivity index (χ3v) is 6.15. The molecule has 13 heteroatoms. The summed E-state index contributed by atoms with van der Waals surface area (Å²) in [6.07, 6.45) is 1.73. The lowest BCUT2D eigenvalue weighted by molar-refractivity contribution is -0.137. The van der Waals surface area contributed by atoms with Crippen molar-refractivity contribution in [2.45, 2.75) is 25.8 Å². The lowest BCUT2D eigenvalue weighted by atomic mass is 10.1. The van der Waals surface area contributed by atoms with Crippen LogP contribution in [-0.2, 0) is 26.0 Å². The molecule has 1 aromatic heterocycles. The van der Waals surface area contributed by atoms with Gasteiger partial charge in [0.2, 0.25) is 15.9 Å². The summed E-state index contributed by atoms with van der Waals surface area (Å²) in [7, 11) is -2.22. The van der Waals surface area contributed by atoms with Crippen LogP contribution in [0.1, 0.15) is 29.3 Å². The number of pyridine rings is 1. The normalized spacial score (nSPS) is 11.8. The second-order valence-electron chi connectivity index (χ2n) is 8.67. The Morgan fingerprint density at radius 3 is 2.33 bits per heavy atom. The van der Waals surface area contributed by atoms with Gasteiger partial charge in [0.15, 0.2) is 0 Å². The fourth-order valence-corrected chi connectivity index (χ4v) is 4.37. The van der Waals surface area contributed by atoms with Gasteiger partial charge in [-0.15, -0.1) is 0 Å². The minimum Gasteiger partial charge on any atom is -0.495 e. The molecule has 12 nitrogen and oxygen atoms in total. The first-order valence-electron chi connectivity index (χ1n) is 11.7. The zero-order chi connectivity index (χ0) is 28.6. The fourth-order valence-electron chi connectivity index (χ4n) is 3.65. The Labute approximate surface area is 225 Å². The van der Waals surface area contributed by atoms with E-state index in [4.69, 9.17) is 9.84 Å². The zero-order valence-corrected chi connectivity index (χ0v) is 22.3. The van der Waals surface area contributed by atoms with Crippen LogP contribution < -0.4 is 25.4 Å². The first kappa shape index (κ1) is 29.1. The molecule has 39 heavy (non-hydrogen) atoms. The molecule has 0 aliphatic heterocycles. The van der Waals surface area contributed by atoms with E-state index in [1.807, 2.05) is 25.1 Å². The van der Waals surface area contributed by atoms with Crippen LogP contribution in [0.4, 0.5) is 21.9 Å². The third kappa shape index (κ3) is 9.09. The number of sulfonamides is 1. The maximum Gasteiger partial charge on any atom is 0.323 e. The van der Waals surface area contributed by atoms with E-state index in [2.05, 4.69) is 25.7 Å². The maximum atomic E-state index is 12.6. The van der Waals surface area contributed by atoms with Crippen LogP contribution in [0, 0.1) is 6.92 Å². The molecule has 0 bridgehead atoms. The van der Waals surface area contributed by atoms with Crippen LogP contribution in [0.15, 0.2) is 60.8 Å². The molecule has 0 saturated carbocycles. The Bertz CT molecular complexity index is 1460. The molecule has 1 unspecified atom stereocenters. The van der Waals surface area contributed by atoms with E-state index >= 15 is 0 Å². The van der Waals surface area contributed by atoms with Crippen molar-refractivity contribution in [3.63, 3.8) is 0 Å². The second-order valence-corrected chi connectivity index (χ2v) is 10.4. The predicted molar refractivity (Wildman–Crippen MR) is 146 cm³/mol. The first-order chi connectivity index (χ1) is 18.4. The largest absolute Gasteiger partial charge is 0.495 e. The topological polar surface area (TPSA) is 176 Å². The van der Waals surface area contributed by atoms with Crippen LogP contribution in [0.3, 0.4) is 0 Å². The van der Waals surface area contributed by atoms with Crippen molar-refractivity contribution in [2.75, 3.05) is 29.3 Å². The standard InChI is InChI=1S/C26H29N5O7S/c1-16-6-4-5-7-19(16)29-26(35)30-21-10-8-17(12-23(21)38-2)13-24(32)28-18-9-11-20(27-15-18)22(14-25(33)34)31-39(3,36)37/h4-12,15,22,31H,13-14H2,1-3H3,(H,28,32)(H,33,34)(H2,29,30,35). The van der Waals surface area contributed by atoms with Gasteiger partial charge in [0.1, 0.15) is 5.75 Å². The van der Waals surface area contributed by atoms with E-state index in [1.54, 1.807) is 24.3 Å². The minimum absolute atomic E-state index is 0.00886. The van der Waals surface area contributed by atoms with E-state index in [0.29, 0.717) is 28.4 Å². The molecule has 5 N–H and O–H groups in total. The van der Waals surface area contributed by atoms with Crippen LogP contribution in [-0.4, -0.2) is 49.8 Å². The molecule has 1 atom stereocenters. The van der Waals surface area contributed by atoms with Gasteiger partial charge in [-0.3, -0.25) is 14.6 Å². The van der Waals surface area contributed by atoms with E-state index < -0.39 is 34.5 Å². The number of carbonyl (C=O) groups excluding carboxylic acids is 2. The summed E-state index contributed by atoms with van der Waals surface area (Å²) in [5, 5.41) is 17.3. The number of aliphatic carboxylic acids is 1. The lowest BCUT2D eigenvalue weighted by Gasteiger charge is -2.15. The van der Waals surface area contributed by atoms with Gasteiger partial charge in [0.25, 0.3) is 0 Å². The van der Waals surface area contributed by atoms with Gasteiger partial charge in [-0.05, 0) is 48.4 Å². The number of anilines is 3. The molecule has 0 fully saturated rings. The predicted octanol–water partition coefficient (Wildman–Crippen LogP) is 3.29. The molecule has 3 aromatic rings. The van der Waals surface area contributed by atoms with Gasteiger partial charge in [0, 0.05) is 5.69 Å². The zero-order valence-electron chi connectivity index (χ0n) is 21.5. The van der Waals surface area contributed by atoms with Gasteiger partial charge in [-0.25, -0.2) is 17.9 Å². The van der Waals surface area contributed by atoms with E-state index in [0.717, 1.165) is 11.8 Å². The van der Waals surface area contributed by atoms with Crippen molar-refractivity contribution in [2.24, 2.45) is 0 Å². The van der Waals surface area contributed by atoms with Crippen LogP contribution >= 0.6 is 0 Å². The van der Waals surface area contributed by atoms with E-state index in [9.17, 15) is 22.8 Å². The van der Waals surface area contributed by atoms with Crippen molar-refractivity contribution in [3.8, 4) is 5.75 Å². The Balaban J connectivity index is 1.62. The highest BCUT2D eigenvalue weighted by molar-refractivity contribution is 7.88. The highest BCUT2D eigenvalue weighted by atomic mass is 32.2. The maximum absolute atomic E-state index is 12.6. The van der Waals surface area contributed by atoms with Crippen molar-refractivity contribution in [3.05, 3.63) is 77.6 Å². The SMILES string of the molecule is COc1cc(CC(=O)Nc2ccc(C(CC(=O)O)NS(C)(=O)=O)nc2)ccc1NC(=O)Nc1ccccc1C. The number of aryl methyl sites for hydroxylation is 1. The molecule has 0 aliphatic rings. The van der Waals surface area contributed by atoms with Crippen molar-refractivity contribution in [1.82, 2.24) is 9.71 Å².